The van der Waals surface area contributed by atoms with Crippen LogP contribution in [0.5, 0.6) is 5.75 Å². The van der Waals surface area contributed by atoms with Gasteiger partial charge in [-0.3, -0.25) is 28.0 Å². The molecule has 1 aliphatic heterocycles. The number of carbonyl (C=O) groups excluding carboxylic acids is 2. The van der Waals surface area contributed by atoms with E-state index in [9.17, 15) is 28.2 Å². The van der Waals surface area contributed by atoms with Crippen LogP contribution >= 0.6 is 10.8 Å². The van der Waals surface area contributed by atoms with E-state index in [0.717, 1.165) is 12.1 Å². The van der Waals surface area contributed by atoms with Gasteiger partial charge in [-0.05, 0) is 42.7 Å². The number of pyridine rings is 2. The Kier molecular flexibility index (Phi) is 6.06. The summed E-state index contributed by atoms with van der Waals surface area (Å²) in [6.07, 6.45) is 2.77. The first-order valence-electron chi connectivity index (χ1n) is 10.1. The summed E-state index contributed by atoms with van der Waals surface area (Å²) >= 11 is 0. The van der Waals surface area contributed by atoms with Crippen LogP contribution in [0, 0.1) is 5.82 Å². The van der Waals surface area contributed by atoms with Gasteiger partial charge < -0.3 is 16.2 Å². The Bertz CT molecular complexity index is 1260. The lowest BCUT2D eigenvalue weighted by molar-refractivity contribution is 0.0939. The van der Waals surface area contributed by atoms with E-state index in [2.05, 4.69) is 15.3 Å². The fourth-order valence-electron chi connectivity index (χ4n) is 3.70. The predicted octanol–water partition coefficient (Wildman–Crippen LogP) is 2.77. The monoisotopic (exact) mass is 475 g/mol. The van der Waals surface area contributed by atoms with E-state index in [0.29, 0.717) is 24.8 Å². The topological polar surface area (TPSA) is 162 Å². The number of nitrogens with one attached hydrogen (secondary N) is 1. The maximum Gasteiger partial charge on any atom is 0.274 e. The summed E-state index contributed by atoms with van der Waals surface area (Å²) in [6, 6.07) is 6.65. The largest absolute Gasteiger partial charge is 0.504 e. The van der Waals surface area contributed by atoms with Gasteiger partial charge in [0.2, 0.25) is 5.91 Å². The number of aromatic nitrogens is 2. The quantitative estimate of drug-likeness (QED) is 0.376. The maximum atomic E-state index is 13.5. The zero-order chi connectivity index (χ0) is 23.8. The molecule has 3 heterocycles. The minimum absolute atomic E-state index is 0.0769. The molecule has 33 heavy (non-hydrogen) atoms. The summed E-state index contributed by atoms with van der Waals surface area (Å²) in [7, 11) is -3.16. The van der Waals surface area contributed by atoms with Gasteiger partial charge in [-0.15, -0.1) is 10.8 Å². The Morgan fingerprint density at radius 3 is 2.76 bits per heavy atom. The number of halogens is 1. The van der Waals surface area contributed by atoms with E-state index in [1.807, 2.05) is 0 Å². The van der Waals surface area contributed by atoms with Crippen LogP contribution in [0.2, 0.25) is 0 Å². The molecule has 1 aliphatic rings. The molecule has 0 aliphatic carbocycles. The summed E-state index contributed by atoms with van der Waals surface area (Å²) in [5.41, 5.74) is 5.18. The van der Waals surface area contributed by atoms with Gasteiger partial charge in [-0.1, -0.05) is 6.07 Å². The van der Waals surface area contributed by atoms with Crippen LogP contribution < -0.4 is 15.4 Å². The molecule has 4 rings (SSSR count). The smallest absolute Gasteiger partial charge is 0.274 e. The van der Waals surface area contributed by atoms with Crippen LogP contribution in [-0.2, 0) is 6.54 Å². The van der Waals surface area contributed by atoms with E-state index in [1.54, 1.807) is 12.1 Å². The molecule has 174 valence electrons. The molecule has 1 aromatic carbocycles. The van der Waals surface area contributed by atoms with Crippen molar-refractivity contribution in [1.29, 1.82) is 0 Å². The minimum atomic E-state index is -3.16. The Morgan fingerprint density at radius 1 is 1.24 bits per heavy atom. The number of nitrogens with zero attached hydrogens (tertiary/aromatic N) is 3. The standard InChI is InChI=1S/C21H22FN5O5S/c22-13-6-5-12(15(10-13)19(23)29)11-25-21(30)17-18(28)16-14(4-3-7-24-16)20(26-17)27-8-1-2-9-33(27,31)32/h3-7,10,28,31-32H,1-2,8-9,11H2,(H2,23,29)(H,25,30). The van der Waals surface area contributed by atoms with Crippen LogP contribution in [0.4, 0.5) is 10.2 Å². The lowest BCUT2D eigenvalue weighted by Crippen LogP contribution is -2.35. The molecule has 1 saturated heterocycles. The lowest BCUT2D eigenvalue weighted by atomic mass is 10.1. The highest BCUT2D eigenvalue weighted by atomic mass is 32.3. The minimum Gasteiger partial charge on any atom is -0.504 e. The fourth-order valence-corrected chi connectivity index (χ4v) is 5.35. The number of carbonyl (C=O) groups is 2. The van der Waals surface area contributed by atoms with Crippen molar-refractivity contribution in [1.82, 2.24) is 15.3 Å². The maximum absolute atomic E-state index is 13.5. The van der Waals surface area contributed by atoms with Gasteiger partial charge in [0.05, 0.1) is 5.75 Å². The first-order chi connectivity index (χ1) is 15.7. The van der Waals surface area contributed by atoms with Gasteiger partial charge in [0, 0.05) is 30.2 Å². The normalized spacial score (nSPS) is 16.4. The molecule has 12 heteroatoms. The highest BCUT2D eigenvalue weighted by molar-refractivity contribution is 8.25. The van der Waals surface area contributed by atoms with Crippen LogP contribution in [0.25, 0.3) is 10.9 Å². The van der Waals surface area contributed by atoms with Gasteiger partial charge in [-0.2, -0.15) is 0 Å². The van der Waals surface area contributed by atoms with E-state index in [1.165, 1.54) is 16.6 Å². The number of fused-ring (bicyclic) bond motifs is 1. The molecule has 2 aromatic heterocycles. The van der Waals surface area contributed by atoms with Crippen molar-refractivity contribution in [3.8, 4) is 5.75 Å². The Balaban J connectivity index is 1.72. The summed E-state index contributed by atoms with van der Waals surface area (Å²) in [5, 5.41) is 13.6. The number of primary amides is 1. The third kappa shape index (κ3) is 4.40. The van der Waals surface area contributed by atoms with Crippen LogP contribution in [0.3, 0.4) is 0 Å². The molecule has 0 atom stereocenters. The first-order valence-corrected chi connectivity index (χ1v) is 11.7. The van der Waals surface area contributed by atoms with Gasteiger partial charge in [0.25, 0.3) is 5.91 Å². The predicted molar refractivity (Wildman–Crippen MR) is 122 cm³/mol. The third-order valence-corrected chi connectivity index (χ3v) is 7.22. The van der Waals surface area contributed by atoms with E-state index >= 15 is 0 Å². The number of nitrogens with two attached hydrogens (primary N) is 1. The van der Waals surface area contributed by atoms with Crippen molar-refractivity contribution in [2.24, 2.45) is 5.73 Å². The number of benzene rings is 1. The number of amides is 2. The number of hydrogen-bond donors (Lipinski definition) is 5. The lowest BCUT2D eigenvalue weighted by Gasteiger charge is -2.47. The molecule has 6 N–H and O–H groups in total. The molecule has 3 aromatic rings. The second-order valence-corrected chi connectivity index (χ2v) is 9.64. The molecule has 10 nitrogen and oxygen atoms in total. The van der Waals surface area contributed by atoms with E-state index in [-0.39, 0.29) is 40.5 Å². The Morgan fingerprint density at radius 2 is 2.03 bits per heavy atom. The summed E-state index contributed by atoms with van der Waals surface area (Å²) in [4.78, 5) is 33.0. The van der Waals surface area contributed by atoms with Crippen molar-refractivity contribution < 1.29 is 28.2 Å². The second kappa shape index (κ2) is 8.81. The molecule has 0 bridgehead atoms. The van der Waals surface area contributed by atoms with Gasteiger partial charge in [0.15, 0.2) is 17.3 Å². The van der Waals surface area contributed by atoms with Crippen LogP contribution in [0.15, 0.2) is 36.5 Å². The highest BCUT2D eigenvalue weighted by Crippen LogP contribution is 2.51. The Hall–Kier alpha value is -3.48. The number of aromatic hydroxyl groups is 1. The summed E-state index contributed by atoms with van der Waals surface area (Å²) in [5.74, 6) is -2.49. The molecule has 1 fully saturated rings. The third-order valence-electron chi connectivity index (χ3n) is 5.33. The zero-order valence-corrected chi connectivity index (χ0v) is 18.2. The van der Waals surface area contributed by atoms with E-state index < -0.39 is 34.2 Å². The molecular weight excluding hydrogens is 453 g/mol. The highest BCUT2D eigenvalue weighted by Gasteiger charge is 2.31. The SMILES string of the molecule is NC(=O)c1cc(F)ccc1CNC(=O)c1nc(N2CCCCS2(O)O)c2cccnc2c1O. The summed E-state index contributed by atoms with van der Waals surface area (Å²) < 4.78 is 36.0. The van der Waals surface area contributed by atoms with Gasteiger partial charge in [0.1, 0.15) is 11.3 Å². The average molecular weight is 476 g/mol. The van der Waals surface area contributed by atoms with Crippen LogP contribution in [0.1, 0.15) is 39.3 Å². The molecule has 0 saturated carbocycles. The molecule has 0 spiro atoms. The molecule has 0 unspecified atom stereocenters. The average Bonchev–Trinajstić information content (AvgIpc) is 2.78. The van der Waals surface area contributed by atoms with E-state index in [4.69, 9.17) is 5.73 Å². The first kappa shape index (κ1) is 22.7. The second-order valence-electron chi connectivity index (χ2n) is 7.53. The van der Waals surface area contributed by atoms with Crippen molar-refractivity contribution in [2.75, 3.05) is 16.6 Å². The summed E-state index contributed by atoms with van der Waals surface area (Å²) in [6.45, 7) is 0.121. The number of rotatable bonds is 5. The van der Waals surface area contributed by atoms with Crippen molar-refractivity contribution in [3.63, 3.8) is 0 Å². The fraction of sp³-hybridized carbons (Fsp3) is 0.238. The van der Waals surface area contributed by atoms with Crippen molar-refractivity contribution in [3.05, 3.63) is 59.2 Å². The molecule has 2 amide bonds. The molecular formula is C21H22FN5O5S. The number of anilines is 1. The number of hydrogen-bond acceptors (Lipinski definition) is 8. The van der Waals surface area contributed by atoms with Crippen molar-refractivity contribution >= 4 is 39.3 Å². The van der Waals surface area contributed by atoms with Gasteiger partial charge >= 0.3 is 0 Å². The van der Waals surface area contributed by atoms with Crippen LogP contribution in [-0.4, -0.2) is 48.3 Å². The van der Waals surface area contributed by atoms with Crippen molar-refractivity contribution in [2.45, 2.75) is 19.4 Å². The molecule has 0 radical (unpaired) electrons. The zero-order valence-electron chi connectivity index (χ0n) is 17.4. The van der Waals surface area contributed by atoms with Gasteiger partial charge in [-0.25, -0.2) is 9.37 Å². The Labute approximate surface area is 189 Å².